The van der Waals surface area contributed by atoms with Crippen LogP contribution in [-0.2, 0) is 4.79 Å². The number of anilines is 1. The molecule has 0 spiro atoms. The number of nitrogens with zero attached hydrogens (tertiary/aromatic N) is 1. The van der Waals surface area contributed by atoms with Crippen LogP contribution in [0.1, 0.15) is 50.9 Å². The monoisotopic (exact) mass is 391 g/mol. The third kappa shape index (κ3) is 4.95. The lowest BCUT2D eigenvalue weighted by Crippen LogP contribution is -2.45. The number of carbonyl (C=O) groups excluding carboxylic acids is 2. The average molecular weight is 392 g/mol. The van der Waals surface area contributed by atoms with Gasteiger partial charge in [-0.05, 0) is 31.7 Å². The van der Waals surface area contributed by atoms with E-state index in [4.69, 9.17) is 15.2 Å². The molecule has 1 fully saturated rings. The number of rotatable bonds is 5. The fourth-order valence-electron chi connectivity index (χ4n) is 3.26. The molecule has 156 valence electrons. The highest BCUT2D eigenvalue weighted by molar-refractivity contribution is 6.05. The molecular formula is C21H33N3O4. The Bertz CT molecular complexity index is 725. The number of likely N-dealkylation sites (tertiary alicyclic amines) is 1. The predicted molar refractivity (Wildman–Crippen MR) is 110 cm³/mol. The van der Waals surface area contributed by atoms with Crippen molar-refractivity contribution in [3.8, 4) is 11.5 Å². The Morgan fingerprint density at radius 2 is 1.82 bits per heavy atom. The molecular weight excluding hydrogens is 358 g/mol. The van der Waals surface area contributed by atoms with E-state index in [1.807, 2.05) is 32.6 Å². The van der Waals surface area contributed by atoms with Crippen LogP contribution in [-0.4, -0.2) is 50.1 Å². The van der Waals surface area contributed by atoms with Crippen molar-refractivity contribution in [3.05, 3.63) is 17.7 Å². The van der Waals surface area contributed by atoms with Gasteiger partial charge in [-0.25, -0.2) is 0 Å². The second-order valence-corrected chi connectivity index (χ2v) is 8.47. The largest absolute Gasteiger partial charge is 0.493 e. The van der Waals surface area contributed by atoms with Crippen LogP contribution in [0.2, 0.25) is 0 Å². The second-order valence-electron chi connectivity index (χ2n) is 8.47. The SMILES string of the molecule is COc1cc(NC(=O)C(C)(C)C)c(C(=O)N2CCCC(C(C)N)C2)cc1OC. The summed E-state index contributed by atoms with van der Waals surface area (Å²) in [6, 6.07) is 3.30. The lowest BCUT2D eigenvalue weighted by molar-refractivity contribution is -0.123. The topological polar surface area (TPSA) is 93.9 Å². The average Bonchev–Trinajstić information content (AvgIpc) is 2.66. The molecule has 7 heteroatoms. The molecule has 1 saturated heterocycles. The highest BCUT2D eigenvalue weighted by Crippen LogP contribution is 2.35. The molecule has 1 heterocycles. The van der Waals surface area contributed by atoms with E-state index in [-0.39, 0.29) is 23.8 Å². The Morgan fingerprint density at radius 3 is 2.36 bits per heavy atom. The number of amides is 2. The molecule has 1 aromatic rings. The van der Waals surface area contributed by atoms with Gasteiger partial charge in [-0.1, -0.05) is 20.8 Å². The summed E-state index contributed by atoms with van der Waals surface area (Å²) in [6.45, 7) is 8.72. The molecule has 2 unspecified atom stereocenters. The highest BCUT2D eigenvalue weighted by Gasteiger charge is 2.30. The van der Waals surface area contributed by atoms with Crippen LogP contribution in [0.25, 0.3) is 0 Å². The molecule has 7 nitrogen and oxygen atoms in total. The van der Waals surface area contributed by atoms with Gasteiger partial charge in [0.05, 0.1) is 25.5 Å². The molecule has 0 aromatic heterocycles. The standard InChI is InChI=1S/C21H33N3O4/c1-13(22)14-8-7-9-24(12-14)19(25)15-10-17(27-5)18(28-6)11-16(15)23-20(26)21(2,3)4/h10-11,13-14H,7-9,12,22H2,1-6H3,(H,23,26). The number of nitrogens with two attached hydrogens (primary N) is 1. The summed E-state index contributed by atoms with van der Waals surface area (Å²) < 4.78 is 10.7. The number of carbonyl (C=O) groups is 2. The molecule has 28 heavy (non-hydrogen) atoms. The number of benzene rings is 1. The number of hydrogen-bond donors (Lipinski definition) is 2. The highest BCUT2D eigenvalue weighted by atomic mass is 16.5. The van der Waals surface area contributed by atoms with Gasteiger partial charge in [0.15, 0.2) is 11.5 Å². The van der Waals surface area contributed by atoms with Crippen molar-refractivity contribution in [2.45, 2.75) is 46.6 Å². The van der Waals surface area contributed by atoms with Gasteiger partial charge in [0.1, 0.15) is 0 Å². The van der Waals surface area contributed by atoms with Crippen molar-refractivity contribution in [3.63, 3.8) is 0 Å². The van der Waals surface area contributed by atoms with Gasteiger partial charge in [0, 0.05) is 30.6 Å². The second kappa shape index (κ2) is 8.82. The summed E-state index contributed by atoms with van der Waals surface area (Å²) in [4.78, 5) is 27.7. The third-order valence-electron chi connectivity index (χ3n) is 5.17. The fraction of sp³-hybridized carbons (Fsp3) is 0.619. The van der Waals surface area contributed by atoms with E-state index < -0.39 is 5.41 Å². The van der Waals surface area contributed by atoms with Crippen LogP contribution >= 0.6 is 0 Å². The minimum absolute atomic E-state index is 0.0288. The number of nitrogens with one attached hydrogen (secondary N) is 1. The van der Waals surface area contributed by atoms with E-state index in [1.165, 1.54) is 14.2 Å². The molecule has 1 aliphatic rings. The molecule has 3 N–H and O–H groups in total. The van der Waals surface area contributed by atoms with E-state index in [0.717, 1.165) is 12.8 Å². The van der Waals surface area contributed by atoms with Gasteiger partial charge in [0.25, 0.3) is 5.91 Å². The quantitative estimate of drug-likeness (QED) is 0.805. The molecule has 2 atom stereocenters. The Kier molecular flexibility index (Phi) is 6.93. The van der Waals surface area contributed by atoms with Gasteiger partial charge in [-0.3, -0.25) is 9.59 Å². The van der Waals surface area contributed by atoms with E-state index >= 15 is 0 Å². The van der Waals surface area contributed by atoms with Crippen molar-refractivity contribution in [2.24, 2.45) is 17.1 Å². The van der Waals surface area contributed by atoms with Crippen LogP contribution in [0.15, 0.2) is 12.1 Å². The molecule has 0 saturated carbocycles. The third-order valence-corrected chi connectivity index (χ3v) is 5.17. The van der Waals surface area contributed by atoms with Crippen molar-refractivity contribution < 1.29 is 19.1 Å². The first-order chi connectivity index (χ1) is 13.1. The maximum atomic E-state index is 13.3. The van der Waals surface area contributed by atoms with Crippen LogP contribution < -0.4 is 20.5 Å². The first-order valence-corrected chi connectivity index (χ1v) is 9.70. The summed E-state index contributed by atoms with van der Waals surface area (Å²) in [5, 5.41) is 2.88. The number of piperidine rings is 1. The van der Waals surface area contributed by atoms with Crippen molar-refractivity contribution in [2.75, 3.05) is 32.6 Å². The predicted octanol–water partition coefficient (Wildman–Crippen LogP) is 2.89. The van der Waals surface area contributed by atoms with Gasteiger partial charge >= 0.3 is 0 Å². The van der Waals surface area contributed by atoms with Crippen molar-refractivity contribution in [1.29, 1.82) is 0 Å². The lowest BCUT2D eigenvalue weighted by Gasteiger charge is -2.35. The summed E-state index contributed by atoms with van der Waals surface area (Å²) >= 11 is 0. The van der Waals surface area contributed by atoms with Crippen LogP contribution in [0.4, 0.5) is 5.69 Å². The molecule has 2 amide bonds. The van der Waals surface area contributed by atoms with Crippen molar-refractivity contribution in [1.82, 2.24) is 4.90 Å². The fourth-order valence-corrected chi connectivity index (χ4v) is 3.26. The first-order valence-electron chi connectivity index (χ1n) is 9.70. The number of hydrogen-bond acceptors (Lipinski definition) is 5. The van der Waals surface area contributed by atoms with Gasteiger partial charge in [0.2, 0.25) is 5.91 Å². The maximum Gasteiger partial charge on any atom is 0.256 e. The Balaban J connectivity index is 2.42. The Labute approximate surface area is 167 Å². The summed E-state index contributed by atoms with van der Waals surface area (Å²) in [5.74, 6) is 0.845. The summed E-state index contributed by atoms with van der Waals surface area (Å²) in [6.07, 6.45) is 1.93. The lowest BCUT2D eigenvalue weighted by atomic mass is 9.91. The van der Waals surface area contributed by atoms with Crippen LogP contribution in [0.5, 0.6) is 11.5 Å². The zero-order chi connectivity index (χ0) is 21.1. The molecule has 1 aliphatic heterocycles. The number of ether oxygens (including phenoxy) is 2. The molecule has 0 aliphatic carbocycles. The van der Waals surface area contributed by atoms with E-state index in [1.54, 1.807) is 12.1 Å². The zero-order valence-corrected chi connectivity index (χ0v) is 17.8. The minimum atomic E-state index is -0.599. The van der Waals surface area contributed by atoms with Gasteiger partial charge in [-0.15, -0.1) is 0 Å². The van der Waals surface area contributed by atoms with Crippen LogP contribution in [0, 0.1) is 11.3 Å². The molecule has 0 radical (unpaired) electrons. The molecule has 1 aromatic carbocycles. The minimum Gasteiger partial charge on any atom is -0.493 e. The van der Waals surface area contributed by atoms with E-state index in [0.29, 0.717) is 35.8 Å². The smallest absolute Gasteiger partial charge is 0.256 e. The zero-order valence-electron chi connectivity index (χ0n) is 17.8. The van der Waals surface area contributed by atoms with Crippen molar-refractivity contribution >= 4 is 17.5 Å². The van der Waals surface area contributed by atoms with Crippen LogP contribution in [0.3, 0.4) is 0 Å². The first kappa shape index (κ1) is 22.0. The Hall–Kier alpha value is -2.28. The van der Waals surface area contributed by atoms with Gasteiger partial charge in [-0.2, -0.15) is 0 Å². The summed E-state index contributed by atoms with van der Waals surface area (Å²) in [5.41, 5.74) is 6.28. The van der Waals surface area contributed by atoms with E-state index in [9.17, 15) is 9.59 Å². The maximum absolute atomic E-state index is 13.3. The molecule has 0 bridgehead atoms. The van der Waals surface area contributed by atoms with E-state index in [2.05, 4.69) is 5.32 Å². The number of methoxy groups -OCH3 is 2. The molecule has 2 rings (SSSR count). The Morgan fingerprint density at radius 1 is 1.21 bits per heavy atom. The normalized spacial score (nSPS) is 18.4. The van der Waals surface area contributed by atoms with Gasteiger partial charge < -0.3 is 25.4 Å². The summed E-state index contributed by atoms with van der Waals surface area (Å²) in [7, 11) is 3.04.